The van der Waals surface area contributed by atoms with Crippen LogP contribution >= 0.6 is 0 Å². The summed E-state index contributed by atoms with van der Waals surface area (Å²) in [7, 11) is 0. The number of hydrogen-bond acceptors (Lipinski definition) is 18. The molecule has 21 heteroatoms. The molecule has 3 rings (SSSR count). The van der Waals surface area contributed by atoms with Gasteiger partial charge < -0.3 is 79.7 Å². The average Bonchev–Trinajstić information content (AvgIpc) is 3.14. The molecule has 3 heterocycles. The van der Waals surface area contributed by atoms with Crippen molar-refractivity contribution in [3.05, 3.63) is 0 Å². The van der Waals surface area contributed by atoms with E-state index in [1.54, 1.807) is 13.8 Å². The summed E-state index contributed by atoms with van der Waals surface area (Å²) in [5.74, 6) is -4.69. The van der Waals surface area contributed by atoms with Crippen LogP contribution < -0.4 is 16.0 Å². The first-order valence-electron chi connectivity index (χ1n) is 19.3. The van der Waals surface area contributed by atoms with Gasteiger partial charge in [-0.1, -0.05) is 13.8 Å². The van der Waals surface area contributed by atoms with Crippen molar-refractivity contribution in [1.29, 1.82) is 0 Å². The second kappa shape index (κ2) is 23.5. The molecule has 15 atom stereocenters. The van der Waals surface area contributed by atoms with E-state index in [-0.39, 0.29) is 39.3 Å². The highest BCUT2D eigenvalue weighted by molar-refractivity contribution is 5.74. The van der Waals surface area contributed by atoms with E-state index in [1.165, 1.54) is 20.8 Å². The Morgan fingerprint density at radius 3 is 1.39 bits per heavy atom. The Balaban J connectivity index is 1.87. The van der Waals surface area contributed by atoms with E-state index in [9.17, 15) is 54.6 Å². The summed E-state index contributed by atoms with van der Waals surface area (Å²) in [4.78, 5) is 62.2. The number of hydrogen-bond donors (Lipinski definition) is 9. The largest absolute Gasteiger partial charge is 0.460 e. The molecule has 21 nitrogen and oxygen atoms in total. The molecule has 0 spiro atoms. The highest BCUT2D eigenvalue weighted by Gasteiger charge is 2.51. The van der Waals surface area contributed by atoms with E-state index in [0.717, 1.165) is 0 Å². The van der Waals surface area contributed by atoms with Crippen molar-refractivity contribution in [1.82, 2.24) is 16.0 Å². The SMILES string of the molecule is CCCC(=O)O[C@@H]1C(NC(C)=O)[C@H](O)OC(CO)[C@H]1COC[C@@H]1OC(CO)[C@@H](COC[C@@H]2OC(CO)[C@@H](O)[C@H](O)C2NC(C)=O)[C@H](OC(=O)CCC)C1NC(C)=O. The molecule has 3 fully saturated rings. The Kier molecular flexibility index (Phi) is 19.9. The zero-order chi connectivity index (χ0) is 42.4. The molecule has 3 aliphatic heterocycles. The topological polar surface area (TPSA) is 307 Å². The molecule has 0 aliphatic carbocycles. The first-order valence-corrected chi connectivity index (χ1v) is 19.3. The number of aliphatic hydroxyl groups excluding tert-OH is 6. The van der Waals surface area contributed by atoms with Crippen LogP contribution in [-0.4, -0.2) is 186 Å². The first-order chi connectivity index (χ1) is 27.1. The molecular weight excluding hydrogens is 762 g/mol. The van der Waals surface area contributed by atoms with E-state index < -0.39 is 141 Å². The molecule has 0 aromatic heterocycles. The summed E-state index contributed by atoms with van der Waals surface area (Å²) in [5.41, 5.74) is 0. The molecule has 0 radical (unpaired) electrons. The second-order valence-corrected chi connectivity index (χ2v) is 14.5. The van der Waals surface area contributed by atoms with E-state index in [0.29, 0.717) is 12.8 Å². The van der Waals surface area contributed by atoms with Crippen molar-refractivity contribution in [3.63, 3.8) is 0 Å². The maximum Gasteiger partial charge on any atom is 0.306 e. The maximum atomic E-state index is 13.0. The Labute approximate surface area is 331 Å². The van der Waals surface area contributed by atoms with Crippen LogP contribution in [0.4, 0.5) is 0 Å². The third-order valence-electron chi connectivity index (χ3n) is 10.0. The van der Waals surface area contributed by atoms with Crippen LogP contribution in [-0.2, 0) is 57.1 Å². The quantitative estimate of drug-likeness (QED) is 0.0531. The van der Waals surface area contributed by atoms with Crippen LogP contribution in [0, 0.1) is 11.8 Å². The number of amides is 3. The van der Waals surface area contributed by atoms with E-state index in [1.807, 2.05) is 0 Å². The van der Waals surface area contributed by atoms with Gasteiger partial charge in [0.15, 0.2) is 6.29 Å². The van der Waals surface area contributed by atoms with Crippen molar-refractivity contribution in [2.24, 2.45) is 11.8 Å². The monoisotopic (exact) mass is 823 g/mol. The van der Waals surface area contributed by atoms with Gasteiger partial charge in [-0.25, -0.2) is 0 Å². The molecule has 3 amide bonds. The lowest BCUT2D eigenvalue weighted by atomic mass is 9.85. The third-order valence-corrected chi connectivity index (χ3v) is 10.0. The summed E-state index contributed by atoms with van der Waals surface area (Å²) in [6, 6.07) is -3.43. The summed E-state index contributed by atoms with van der Waals surface area (Å²) in [6.45, 7) is 4.14. The molecule has 6 unspecified atom stereocenters. The van der Waals surface area contributed by atoms with Crippen molar-refractivity contribution in [2.45, 2.75) is 140 Å². The Morgan fingerprint density at radius 1 is 0.526 bits per heavy atom. The highest BCUT2D eigenvalue weighted by atomic mass is 16.6. The average molecular weight is 824 g/mol. The van der Waals surface area contributed by atoms with E-state index in [4.69, 9.17) is 33.2 Å². The van der Waals surface area contributed by atoms with Gasteiger partial charge in [-0.05, 0) is 12.8 Å². The summed E-state index contributed by atoms with van der Waals surface area (Å²) in [5, 5.41) is 70.0. The molecule has 328 valence electrons. The minimum atomic E-state index is -1.63. The Bertz CT molecular complexity index is 1310. The number of nitrogens with one attached hydrogen (secondary N) is 3. The molecule has 3 saturated heterocycles. The molecule has 3 aliphatic rings. The standard InChI is InChI=1S/C36H61N3O18/c1-6-8-27(46)56-34-20(13-51-15-25-29(37-17(3)43)33(49)32(48)24(12-42)54-25)22(10-40)53-26(30(34)38-18(4)44)16-52-14-21-23(11-41)55-36(50)31(39-19(5)45)35(21)57-28(47)9-7-2/h20-26,29-36,40-42,48-50H,6-16H2,1-5H3,(H,37,43)(H,38,44)(H,39,45)/t20-,21-,22?,23?,24?,25+,26+,29?,30?,31?,32-,33-,34+,35+,36-/m1/s1. The van der Waals surface area contributed by atoms with Crippen LogP contribution in [0.3, 0.4) is 0 Å². The maximum absolute atomic E-state index is 13.0. The summed E-state index contributed by atoms with van der Waals surface area (Å²) in [6.07, 6.45) is -11.6. The predicted molar refractivity (Wildman–Crippen MR) is 192 cm³/mol. The summed E-state index contributed by atoms with van der Waals surface area (Å²) < 4.78 is 41.2. The van der Waals surface area contributed by atoms with E-state index >= 15 is 0 Å². The van der Waals surface area contributed by atoms with Crippen molar-refractivity contribution < 1.29 is 87.8 Å². The lowest BCUT2D eigenvalue weighted by molar-refractivity contribution is -0.253. The zero-order valence-corrected chi connectivity index (χ0v) is 33.0. The van der Waals surface area contributed by atoms with Gasteiger partial charge in [0.2, 0.25) is 17.7 Å². The van der Waals surface area contributed by atoms with Gasteiger partial charge in [0, 0.05) is 33.6 Å². The predicted octanol–water partition coefficient (Wildman–Crippen LogP) is -3.86. The number of esters is 2. The highest BCUT2D eigenvalue weighted by Crippen LogP contribution is 2.33. The first kappa shape index (κ1) is 48.3. The van der Waals surface area contributed by atoms with Crippen molar-refractivity contribution in [3.8, 4) is 0 Å². The molecular formula is C36H61N3O18. The third kappa shape index (κ3) is 13.5. The number of aliphatic hydroxyl groups is 6. The second-order valence-electron chi connectivity index (χ2n) is 14.5. The van der Waals surface area contributed by atoms with Gasteiger partial charge in [0.05, 0.1) is 82.4 Å². The van der Waals surface area contributed by atoms with Gasteiger partial charge in [-0.3, -0.25) is 24.0 Å². The van der Waals surface area contributed by atoms with Gasteiger partial charge in [-0.2, -0.15) is 0 Å². The Hall–Kier alpha value is -3.09. The number of rotatable bonds is 20. The lowest BCUT2D eigenvalue weighted by Gasteiger charge is -2.47. The number of carbonyl (C=O) groups is 5. The number of ether oxygens (including phenoxy) is 7. The van der Waals surface area contributed by atoms with Crippen LogP contribution in [0.1, 0.15) is 60.3 Å². The smallest absolute Gasteiger partial charge is 0.306 e. The van der Waals surface area contributed by atoms with Gasteiger partial charge >= 0.3 is 11.9 Å². The van der Waals surface area contributed by atoms with Gasteiger partial charge in [-0.15, -0.1) is 0 Å². The molecule has 0 saturated carbocycles. The fourth-order valence-corrected chi connectivity index (χ4v) is 7.35. The molecule has 0 aromatic carbocycles. The van der Waals surface area contributed by atoms with Crippen LogP contribution in [0.15, 0.2) is 0 Å². The van der Waals surface area contributed by atoms with Crippen LogP contribution in [0.5, 0.6) is 0 Å². The van der Waals surface area contributed by atoms with Gasteiger partial charge in [0.1, 0.15) is 48.8 Å². The van der Waals surface area contributed by atoms with Crippen molar-refractivity contribution >= 4 is 29.7 Å². The van der Waals surface area contributed by atoms with Crippen LogP contribution in [0.2, 0.25) is 0 Å². The normalized spacial score (nSPS) is 35.5. The molecule has 9 N–H and O–H groups in total. The number of carbonyl (C=O) groups excluding carboxylic acids is 5. The molecule has 0 bridgehead atoms. The van der Waals surface area contributed by atoms with Crippen molar-refractivity contribution in [2.75, 3.05) is 46.2 Å². The zero-order valence-electron chi connectivity index (χ0n) is 33.0. The van der Waals surface area contributed by atoms with Crippen LogP contribution in [0.25, 0.3) is 0 Å². The minimum absolute atomic E-state index is 0.0173. The fraction of sp³-hybridized carbons (Fsp3) is 0.861. The summed E-state index contributed by atoms with van der Waals surface area (Å²) >= 11 is 0. The Morgan fingerprint density at radius 2 is 0.930 bits per heavy atom. The molecule has 0 aromatic rings. The molecule has 57 heavy (non-hydrogen) atoms. The lowest BCUT2D eigenvalue weighted by Crippen LogP contribution is -2.66. The van der Waals surface area contributed by atoms with Gasteiger partial charge in [0.25, 0.3) is 0 Å². The van der Waals surface area contributed by atoms with E-state index in [2.05, 4.69) is 16.0 Å². The fourth-order valence-electron chi connectivity index (χ4n) is 7.35. The minimum Gasteiger partial charge on any atom is -0.460 e.